The van der Waals surface area contributed by atoms with E-state index < -0.39 is 0 Å². The molecule has 0 aliphatic carbocycles. The molecule has 2 nitrogen and oxygen atoms in total. The molecule has 0 unspecified atom stereocenters. The average molecular weight is 164 g/mol. The van der Waals surface area contributed by atoms with Gasteiger partial charge in [0.25, 0.3) is 0 Å². The second kappa shape index (κ2) is 2.92. The first kappa shape index (κ1) is 7.84. The van der Waals surface area contributed by atoms with Crippen molar-refractivity contribution in [3.8, 4) is 0 Å². The number of nitrogens with zero attached hydrogens (tertiary/aromatic N) is 2. The number of rotatable bonds is 1. The van der Waals surface area contributed by atoms with Crippen LogP contribution in [-0.2, 0) is 19.4 Å². The smallest absolute Gasteiger partial charge is 0.0628 e. The molecule has 2 heterocycles. The van der Waals surface area contributed by atoms with Gasteiger partial charge in [-0.2, -0.15) is 5.10 Å². The molecule has 1 aromatic rings. The lowest BCUT2D eigenvalue weighted by molar-refractivity contribution is 0.483. The lowest BCUT2D eigenvalue weighted by Gasteiger charge is -2.13. The minimum absolute atomic E-state index is 1.14. The minimum Gasteiger partial charge on any atom is -0.269 e. The molecule has 0 N–H and O–H groups in total. The first-order valence-electron chi connectivity index (χ1n) is 4.88. The minimum atomic E-state index is 1.14. The lowest BCUT2D eigenvalue weighted by atomic mass is 10.0. The number of hydrogen-bond acceptors (Lipinski definition) is 1. The van der Waals surface area contributed by atoms with E-state index in [0.717, 1.165) is 13.0 Å². The quantitative estimate of drug-likeness (QED) is 0.621. The molecule has 0 saturated carbocycles. The Morgan fingerprint density at radius 3 is 3.00 bits per heavy atom. The fraction of sp³-hybridized carbons (Fsp3) is 0.700. The molecule has 0 bridgehead atoms. The van der Waals surface area contributed by atoms with Crippen molar-refractivity contribution in [1.82, 2.24) is 9.78 Å². The predicted octanol–water partition coefficient (Wildman–Crippen LogP) is 2.09. The van der Waals surface area contributed by atoms with Gasteiger partial charge in [-0.15, -0.1) is 0 Å². The van der Waals surface area contributed by atoms with Crippen molar-refractivity contribution < 1.29 is 0 Å². The van der Waals surface area contributed by atoms with Gasteiger partial charge < -0.3 is 0 Å². The molecule has 0 amide bonds. The second-order valence-corrected chi connectivity index (χ2v) is 3.54. The predicted molar refractivity (Wildman–Crippen MR) is 49.3 cm³/mol. The Morgan fingerprint density at radius 2 is 2.25 bits per heavy atom. The summed E-state index contributed by atoms with van der Waals surface area (Å²) in [5.41, 5.74) is 4.24. The van der Waals surface area contributed by atoms with Gasteiger partial charge in [0, 0.05) is 12.2 Å². The SMILES string of the molecule is CCc1c(C)nn2c1CCCC2. The maximum Gasteiger partial charge on any atom is 0.0628 e. The highest BCUT2D eigenvalue weighted by Gasteiger charge is 2.15. The normalized spacial score (nSPS) is 16.2. The summed E-state index contributed by atoms with van der Waals surface area (Å²) in [4.78, 5) is 0. The van der Waals surface area contributed by atoms with E-state index in [1.807, 2.05) is 0 Å². The molecule has 0 aromatic carbocycles. The Hall–Kier alpha value is -0.790. The van der Waals surface area contributed by atoms with Gasteiger partial charge in [0.1, 0.15) is 0 Å². The third-order valence-corrected chi connectivity index (χ3v) is 2.75. The van der Waals surface area contributed by atoms with E-state index in [4.69, 9.17) is 0 Å². The zero-order chi connectivity index (χ0) is 8.55. The van der Waals surface area contributed by atoms with Crippen LogP contribution in [0.2, 0.25) is 0 Å². The zero-order valence-corrected chi connectivity index (χ0v) is 7.93. The van der Waals surface area contributed by atoms with E-state index in [2.05, 4.69) is 23.6 Å². The first-order valence-corrected chi connectivity index (χ1v) is 4.88. The van der Waals surface area contributed by atoms with E-state index in [0.29, 0.717) is 0 Å². The molecule has 1 aliphatic rings. The van der Waals surface area contributed by atoms with Crippen molar-refractivity contribution >= 4 is 0 Å². The topological polar surface area (TPSA) is 17.8 Å². The summed E-state index contributed by atoms with van der Waals surface area (Å²) in [6.07, 6.45) is 5.03. The van der Waals surface area contributed by atoms with E-state index >= 15 is 0 Å². The molecule has 0 fully saturated rings. The van der Waals surface area contributed by atoms with Crippen LogP contribution in [0.15, 0.2) is 0 Å². The molecule has 66 valence electrons. The fourth-order valence-corrected chi connectivity index (χ4v) is 2.15. The van der Waals surface area contributed by atoms with E-state index in [1.54, 1.807) is 0 Å². The summed E-state index contributed by atoms with van der Waals surface area (Å²) in [6.45, 7) is 5.49. The maximum absolute atomic E-state index is 4.54. The van der Waals surface area contributed by atoms with E-state index in [9.17, 15) is 0 Å². The van der Waals surface area contributed by atoms with Gasteiger partial charge in [-0.25, -0.2) is 0 Å². The lowest BCUT2D eigenvalue weighted by Crippen LogP contribution is -2.11. The second-order valence-electron chi connectivity index (χ2n) is 3.54. The van der Waals surface area contributed by atoms with Crippen LogP contribution < -0.4 is 0 Å². The highest BCUT2D eigenvalue weighted by atomic mass is 15.3. The van der Waals surface area contributed by atoms with Crippen LogP contribution in [0.4, 0.5) is 0 Å². The van der Waals surface area contributed by atoms with Crippen LogP contribution in [0.1, 0.15) is 36.7 Å². The Labute approximate surface area is 73.6 Å². The van der Waals surface area contributed by atoms with E-state index in [1.165, 1.54) is 36.2 Å². The average Bonchev–Trinajstić information content (AvgIpc) is 2.40. The summed E-state index contributed by atoms with van der Waals surface area (Å²) in [7, 11) is 0. The molecule has 0 atom stereocenters. The number of fused-ring (bicyclic) bond motifs is 1. The van der Waals surface area contributed by atoms with Crippen molar-refractivity contribution in [2.24, 2.45) is 0 Å². The summed E-state index contributed by atoms with van der Waals surface area (Å²) in [5, 5.41) is 4.54. The van der Waals surface area contributed by atoms with E-state index in [-0.39, 0.29) is 0 Å². The monoisotopic (exact) mass is 164 g/mol. The van der Waals surface area contributed by atoms with Gasteiger partial charge in [0.2, 0.25) is 0 Å². The van der Waals surface area contributed by atoms with Gasteiger partial charge in [0.05, 0.1) is 5.69 Å². The third kappa shape index (κ3) is 1.06. The van der Waals surface area contributed by atoms with Crippen molar-refractivity contribution in [2.45, 2.75) is 46.1 Å². The van der Waals surface area contributed by atoms with Crippen LogP contribution in [0.25, 0.3) is 0 Å². The Kier molecular flexibility index (Phi) is 1.91. The summed E-state index contributed by atoms with van der Waals surface area (Å²) in [5.74, 6) is 0. The van der Waals surface area contributed by atoms with Gasteiger partial charge in [-0.05, 0) is 38.2 Å². The molecule has 0 spiro atoms. The Balaban J connectivity index is 2.46. The number of hydrogen-bond donors (Lipinski definition) is 0. The van der Waals surface area contributed by atoms with Crippen LogP contribution in [0, 0.1) is 6.92 Å². The molecule has 2 heteroatoms. The fourth-order valence-electron chi connectivity index (χ4n) is 2.15. The van der Waals surface area contributed by atoms with Crippen LogP contribution >= 0.6 is 0 Å². The third-order valence-electron chi connectivity index (χ3n) is 2.75. The summed E-state index contributed by atoms with van der Waals surface area (Å²) < 4.78 is 2.21. The molecule has 0 saturated heterocycles. The molecular weight excluding hydrogens is 148 g/mol. The van der Waals surface area contributed by atoms with Crippen molar-refractivity contribution in [3.05, 3.63) is 17.0 Å². The highest BCUT2D eigenvalue weighted by Crippen LogP contribution is 2.21. The first-order chi connectivity index (χ1) is 5.83. The van der Waals surface area contributed by atoms with Crippen LogP contribution in [0.5, 0.6) is 0 Å². The standard InChI is InChI=1S/C10H16N2/c1-3-9-8(2)11-12-7-5-4-6-10(9)12/h3-7H2,1-2H3. The highest BCUT2D eigenvalue weighted by molar-refractivity contribution is 5.26. The molecule has 1 aliphatic heterocycles. The molecule has 0 radical (unpaired) electrons. The van der Waals surface area contributed by atoms with Crippen molar-refractivity contribution in [1.29, 1.82) is 0 Å². The Morgan fingerprint density at radius 1 is 1.42 bits per heavy atom. The molecular formula is C10H16N2. The number of aromatic nitrogens is 2. The summed E-state index contributed by atoms with van der Waals surface area (Å²) >= 11 is 0. The number of aryl methyl sites for hydroxylation is 2. The zero-order valence-electron chi connectivity index (χ0n) is 7.93. The van der Waals surface area contributed by atoms with Gasteiger partial charge in [-0.3, -0.25) is 4.68 Å². The van der Waals surface area contributed by atoms with Crippen LogP contribution in [-0.4, -0.2) is 9.78 Å². The van der Waals surface area contributed by atoms with Crippen LogP contribution in [0.3, 0.4) is 0 Å². The van der Waals surface area contributed by atoms with Crippen molar-refractivity contribution in [2.75, 3.05) is 0 Å². The molecule has 12 heavy (non-hydrogen) atoms. The Bertz CT molecular complexity index is 286. The van der Waals surface area contributed by atoms with Gasteiger partial charge >= 0.3 is 0 Å². The maximum atomic E-state index is 4.54. The van der Waals surface area contributed by atoms with Crippen molar-refractivity contribution in [3.63, 3.8) is 0 Å². The largest absolute Gasteiger partial charge is 0.269 e. The summed E-state index contributed by atoms with van der Waals surface area (Å²) in [6, 6.07) is 0. The van der Waals surface area contributed by atoms with Gasteiger partial charge in [0.15, 0.2) is 0 Å². The molecule has 2 rings (SSSR count). The van der Waals surface area contributed by atoms with Gasteiger partial charge in [-0.1, -0.05) is 6.92 Å². The molecule has 1 aromatic heterocycles.